The second-order valence-electron chi connectivity index (χ2n) is 5.12. The second kappa shape index (κ2) is 6.63. The fourth-order valence-electron chi connectivity index (χ4n) is 1.16. The molecule has 1 unspecified atom stereocenters. The molecule has 6 heteroatoms. The fraction of sp³-hybridized carbons (Fsp3) is 0.818. The Hall–Kier alpha value is -1.04. The molecule has 0 aromatic rings. The molecular formula is C11H23NO4Si. The molecule has 1 amide bonds. The summed E-state index contributed by atoms with van der Waals surface area (Å²) in [5.74, 6) is -0.460. The summed E-state index contributed by atoms with van der Waals surface area (Å²) < 4.78 is 10.1. The summed E-state index contributed by atoms with van der Waals surface area (Å²) in [6, 6.07) is -0.654. The molecule has 0 aliphatic carbocycles. The van der Waals surface area contributed by atoms with Crippen LogP contribution in [0.1, 0.15) is 20.8 Å². The van der Waals surface area contributed by atoms with Crippen LogP contribution in [0, 0.1) is 5.92 Å². The lowest BCUT2D eigenvalue weighted by molar-refractivity contribution is -0.146. The van der Waals surface area contributed by atoms with Crippen molar-refractivity contribution in [3.63, 3.8) is 0 Å². The number of nitrogens with one attached hydrogen (secondary N) is 1. The van der Waals surface area contributed by atoms with Gasteiger partial charge in [-0.2, -0.15) is 0 Å². The number of hydrogen-bond acceptors (Lipinski definition) is 4. The van der Waals surface area contributed by atoms with Gasteiger partial charge in [-0.25, -0.2) is 9.59 Å². The molecule has 1 atom stereocenters. The zero-order valence-electron chi connectivity index (χ0n) is 11.5. The molecular weight excluding hydrogens is 238 g/mol. The van der Waals surface area contributed by atoms with Crippen molar-refractivity contribution in [3.8, 4) is 0 Å². The molecule has 1 N–H and O–H groups in total. The number of ether oxygens (including phenoxy) is 1. The van der Waals surface area contributed by atoms with E-state index in [1.54, 1.807) is 6.92 Å². The standard InChI is InChI=1S/C11H23NO4Si/c1-7-15-10(13)9(8(2)3)12-11(14)16-17(4,5)6/h8-9H,7H2,1-6H3,(H,12,14). The Morgan fingerprint density at radius 3 is 2.12 bits per heavy atom. The van der Waals surface area contributed by atoms with Crippen LogP contribution in [0.4, 0.5) is 4.79 Å². The average molecular weight is 261 g/mol. The van der Waals surface area contributed by atoms with E-state index in [9.17, 15) is 9.59 Å². The van der Waals surface area contributed by atoms with Crippen molar-refractivity contribution in [1.29, 1.82) is 0 Å². The van der Waals surface area contributed by atoms with Crippen molar-refractivity contribution in [2.45, 2.75) is 46.5 Å². The summed E-state index contributed by atoms with van der Waals surface area (Å²) >= 11 is 0. The van der Waals surface area contributed by atoms with Crippen LogP contribution in [0.2, 0.25) is 19.6 Å². The van der Waals surface area contributed by atoms with Crippen LogP contribution >= 0.6 is 0 Å². The van der Waals surface area contributed by atoms with Crippen molar-refractivity contribution in [2.24, 2.45) is 5.92 Å². The SMILES string of the molecule is CCOC(=O)C(NC(=O)O[Si](C)(C)C)C(C)C. The largest absolute Gasteiger partial charge is 0.504 e. The maximum absolute atomic E-state index is 11.6. The third-order valence-electron chi connectivity index (χ3n) is 1.88. The van der Waals surface area contributed by atoms with E-state index in [2.05, 4.69) is 5.32 Å². The number of hydrogen-bond donors (Lipinski definition) is 1. The maximum Gasteiger partial charge on any atom is 0.394 e. The van der Waals surface area contributed by atoms with Gasteiger partial charge in [-0.3, -0.25) is 0 Å². The summed E-state index contributed by atoms with van der Waals surface area (Å²) in [6.07, 6.45) is -0.545. The summed E-state index contributed by atoms with van der Waals surface area (Å²) in [6.45, 7) is 11.4. The second-order valence-corrected chi connectivity index (χ2v) is 9.55. The van der Waals surface area contributed by atoms with Gasteiger partial charge in [-0.1, -0.05) is 13.8 Å². The van der Waals surface area contributed by atoms with Gasteiger partial charge in [0.2, 0.25) is 8.32 Å². The van der Waals surface area contributed by atoms with Crippen LogP contribution in [-0.4, -0.2) is 33.0 Å². The normalized spacial score (nSPS) is 13.1. The van der Waals surface area contributed by atoms with E-state index in [0.29, 0.717) is 6.61 Å². The van der Waals surface area contributed by atoms with E-state index in [1.165, 1.54) is 0 Å². The third-order valence-corrected chi connectivity index (χ3v) is 2.68. The summed E-state index contributed by atoms with van der Waals surface area (Å²) in [7, 11) is -1.94. The quantitative estimate of drug-likeness (QED) is 0.608. The molecule has 5 nitrogen and oxygen atoms in total. The molecule has 0 aliphatic heterocycles. The maximum atomic E-state index is 11.6. The van der Waals surface area contributed by atoms with Gasteiger partial charge in [-0.05, 0) is 32.5 Å². The fourth-order valence-corrected chi connectivity index (χ4v) is 1.78. The number of amides is 1. The molecule has 0 aliphatic rings. The van der Waals surface area contributed by atoms with Crippen molar-refractivity contribution >= 4 is 20.4 Å². The lowest BCUT2D eigenvalue weighted by Crippen LogP contribution is -2.47. The first-order valence-electron chi connectivity index (χ1n) is 5.83. The van der Waals surface area contributed by atoms with E-state index in [-0.39, 0.29) is 5.92 Å². The van der Waals surface area contributed by atoms with Crippen LogP contribution < -0.4 is 5.32 Å². The zero-order chi connectivity index (χ0) is 13.6. The van der Waals surface area contributed by atoms with E-state index >= 15 is 0 Å². The van der Waals surface area contributed by atoms with Crippen molar-refractivity contribution in [2.75, 3.05) is 6.61 Å². The smallest absolute Gasteiger partial charge is 0.394 e. The first kappa shape index (κ1) is 16.0. The molecule has 0 spiro atoms. The van der Waals surface area contributed by atoms with Gasteiger partial charge < -0.3 is 14.5 Å². The van der Waals surface area contributed by atoms with Crippen molar-refractivity contribution in [3.05, 3.63) is 0 Å². The summed E-state index contributed by atoms with van der Waals surface area (Å²) in [5.41, 5.74) is 0. The van der Waals surface area contributed by atoms with Crippen LogP contribution in [0.25, 0.3) is 0 Å². The first-order valence-corrected chi connectivity index (χ1v) is 9.24. The minimum absolute atomic E-state index is 0.0387. The van der Waals surface area contributed by atoms with E-state index in [0.717, 1.165) is 0 Å². The van der Waals surface area contributed by atoms with Gasteiger partial charge in [0.05, 0.1) is 6.61 Å². The van der Waals surface area contributed by atoms with Gasteiger partial charge in [0.1, 0.15) is 6.04 Å². The van der Waals surface area contributed by atoms with Gasteiger partial charge in [0.25, 0.3) is 0 Å². The molecule has 17 heavy (non-hydrogen) atoms. The van der Waals surface area contributed by atoms with Crippen molar-refractivity contribution < 1.29 is 18.8 Å². The Morgan fingerprint density at radius 2 is 1.76 bits per heavy atom. The third kappa shape index (κ3) is 6.99. The van der Waals surface area contributed by atoms with Gasteiger partial charge >= 0.3 is 12.1 Å². The molecule has 0 saturated heterocycles. The predicted octanol–water partition coefficient (Wildman–Crippen LogP) is 2.14. The van der Waals surface area contributed by atoms with E-state index in [4.69, 9.17) is 9.16 Å². The molecule has 0 radical (unpaired) electrons. The van der Waals surface area contributed by atoms with E-state index < -0.39 is 26.4 Å². The lowest BCUT2D eigenvalue weighted by Gasteiger charge is -2.23. The summed E-state index contributed by atoms with van der Waals surface area (Å²) in [5, 5.41) is 2.56. The summed E-state index contributed by atoms with van der Waals surface area (Å²) in [4.78, 5) is 23.2. The molecule has 0 heterocycles. The van der Waals surface area contributed by atoms with E-state index in [1.807, 2.05) is 33.5 Å². The van der Waals surface area contributed by atoms with Crippen LogP contribution in [0.3, 0.4) is 0 Å². The predicted molar refractivity (Wildman–Crippen MR) is 68.2 cm³/mol. The Morgan fingerprint density at radius 1 is 1.24 bits per heavy atom. The molecule has 0 bridgehead atoms. The number of carbonyl (C=O) groups is 2. The Bertz CT molecular complexity index is 273. The lowest BCUT2D eigenvalue weighted by atomic mass is 10.1. The van der Waals surface area contributed by atoms with Crippen LogP contribution in [0.15, 0.2) is 0 Å². The highest BCUT2D eigenvalue weighted by Gasteiger charge is 2.28. The minimum Gasteiger partial charge on any atom is -0.504 e. The van der Waals surface area contributed by atoms with Crippen LogP contribution in [0.5, 0.6) is 0 Å². The molecule has 0 aromatic heterocycles. The molecule has 0 aromatic carbocycles. The highest BCUT2D eigenvalue weighted by Crippen LogP contribution is 2.07. The minimum atomic E-state index is -1.94. The van der Waals surface area contributed by atoms with Crippen molar-refractivity contribution in [1.82, 2.24) is 5.32 Å². The Balaban J connectivity index is 4.46. The van der Waals surface area contributed by atoms with Gasteiger partial charge in [-0.15, -0.1) is 0 Å². The average Bonchev–Trinajstić information content (AvgIpc) is 2.11. The van der Waals surface area contributed by atoms with Crippen LogP contribution in [-0.2, 0) is 14.0 Å². The molecule has 0 saturated carbocycles. The van der Waals surface area contributed by atoms with Gasteiger partial charge in [0.15, 0.2) is 0 Å². The molecule has 100 valence electrons. The van der Waals surface area contributed by atoms with Gasteiger partial charge in [0, 0.05) is 0 Å². The molecule has 0 rings (SSSR count). The Labute approximate surface area is 104 Å². The number of rotatable bonds is 5. The topological polar surface area (TPSA) is 64.6 Å². The first-order chi connectivity index (χ1) is 7.67. The number of esters is 1. The number of carbonyl (C=O) groups excluding carboxylic acids is 2. The highest BCUT2D eigenvalue weighted by molar-refractivity contribution is 6.71. The zero-order valence-corrected chi connectivity index (χ0v) is 12.5. The highest BCUT2D eigenvalue weighted by atomic mass is 28.4. The molecule has 0 fully saturated rings. The monoisotopic (exact) mass is 261 g/mol. The Kier molecular flexibility index (Phi) is 6.23.